The molecular weight excluding hydrogens is 354 g/mol. The molecule has 1 fully saturated rings. The molecule has 9 heteroatoms. The van der Waals surface area contributed by atoms with E-state index < -0.39 is 0 Å². The van der Waals surface area contributed by atoms with Gasteiger partial charge in [-0.25, -0.2) is 20.0 Å². The first-order valence-electron chi connectivity index (χ1n) is 8.45. The third-order valence-electron chi connectivity index (χ3n) is 5.26. The molecule has 3 aliphatic rings. The van der Waals surface area contributed by atoms with Crippen molar-refractivity contribution in [2.45, 2.75) is 25.2 Å². The number of imidazole rings is 1. The SMILES string of the molecule is CC1(c2nc(N3CN=C4c5ccccc5-n5c(cnc5Cl)N43)no2)CC1. The van der Waals surface area contributed by atoms with Crippen LogP contribution in [0.25, 0.3) is 5.69 Å². The molecule has 0 saturated heterocycles. The van der Waals surface area contributed by atoms with Gasteiger partial charge in [0.25, 0.3) is 5.95 Å². The second-order valence-electron chi connectivity index (χ2n) is 7.03. The van der Waals surface area contributed by atoms with Crippen LogP contribution in [0.2, 0.25) is 5.28 Å². The first-order chi connectivity index (χ1) is 12.7. The summed E-state index contributed by atoms with van der Waals surface area (Å²) in [5, 5.41) is 8.43. The molecule has 0 amide bonds. The Labute approximate surface area is 153 Å². The van der Waals surface area contributed by atoms with E-state index in [1.807, 2.05) is 38.9 Å². The zero-order valence-corrected chi connectivity index (χ0v) is 14.7. The lowest BCUT2D eigenvalue weighted by Crippen LogP contribution is -2.46. The molecule has 2 aromatic heterocycles. The van der Waals surface area contributed by atoms with Gasteiger partial charge >= 0.3 is 0 Å². The van der Waals surface area contributed by atoms with Crippen molar-refractivity contribution in [3.05, 3.63) is 47.2 Å². The van der Waals surface area contributed by atoms with E-state index in [2.05, 4.69) is 22.0 Å². The van der Waals surface area contributed by atoms with Gasteiger partial charge in [0.15, 0.2) is 11.7 Å². The Hall–Kier alpha value is -2.87. The molecular formula is C17H14ClN7O. The van der Waals surface area contributed by atoms with Crippen LogP contribution in [0.1, 0.15) is 31.2 Å². The first-order valence-corrected chi connectivity index (χ1v) is 8.83. The van der Waals surface area contributed by atoms with Gasteiger partial charge in [-0.2, -0.15) is 4.98 Å². The van der Waals surface area contributed by atoms with Crippen molar-refractivity contribution in [3.8, 4) is 5.69 Å². The average molecular weight is 368 g/mol. The molecule has 0 bridgehead atoms. The maximum Gasteiger partial charge on any atom is 0.287 e. The minimum atomic E-state index is 0.0221. The van der Waals surface area contributed by atoms with Crippen molar-refractivity contribution in [1.29, 1.82) is 0 Å². The predicted octanol–water partition coefficient (Wildman–Crippen LogP) is 2.92. The van der Waals surface area contributed by atoms with Crippen molar-refractivity contribution in [3.63, 3.8) is 0 Å². The summed E-state index contributed by atoms with van der Waals surface area (Å²) in [6.45, 7) is 2.55. The molecule has 4 heterocycles. The number of hydrogen-bond donors (Lipinski definition) is 0. The normalized spacial score (nSPS) is 19.1. The molecule has 2 aliphatic heterocycles. The van der Waals surface area contributed by atoms with E-state index in [1.165, 1.54) is 0 Å². The summed E-state index contributed by atoms with van der Waals surface area (Å²) >= 11 is 6.36. The summed E-state index contributed by atoms with van der Waals surface area (Å²) in [4.78, 5) is 13.6. The molecule has 8 nitrogen and oxygen atoms in total. The third-order valence-corrected chi connectivity index (χ3v) is 5.53. The molecule has 130 valence electrons. The van der Waals surface area contributed by atoms with Gasteiger partial charge in [-0.05, 0) is 41.7 Å². The van der Waals surface area contributed by atoms with Gasteiger partial charge in [0.1, 0.15) is 6.67 Å². The zero-order valence-electron chi connectivity index (χ0n) is 13.9. The van der Waals surface area contributed by atoms with Crippen molar-refractivity contribution < 1.29 is 4.52 Å². The molecule has 0 atom stereocenters. The molecule has 1 aliphatic carbocycles. The summed E-state index contributed by atoms with van der Waals surface area (Å²) in [6.07, 6.45) is 3.89. The number of fused-ring (bicyclic) bond motifs is 6. The maximum absolute atomic E-state index is 6.36. The first kappa shape index (κ1) is 14.3. The Kier molecular flexibility index (Phi) is 2.56. The smallest absolute Gasteiger partial charge is 0.287 e. The van der Waals surface area contributed by atoms with Crippen LogP contribution in [0.5, 0.6) is 0 Å². The highest BCUT2D eigenvalue weighted by atomic mass is 35.5. The van der Waals surface area contributed by atoms with Crippen LogP contribution in [0, 0.1) is 0 Å². The van der Waals surface area contributed by atoms with E-state index in [4.69, 9.17) is 21.1 Å². The second-order valence-corrected chi connectivity index (χ2v) is 7.37. The van der Waals surface area contributed by atoms with Gasteiger partial charge < -0.3 is 4.52 Å². The van der Waals surface area contributed by atoms with Gasteiger partial charge in [0, 0.05) is 11.0 Å². The number of hydrogen-bond acceptors (Lipinski definition) is 7. The molecule has 3 aromatic rings. The van der Waals surface area contributed by atoms with Crippen molar-refractivity contribution in [1.82, 2.24) is 19.7 Å². The van der Waals surface area contributed by atoms with Gasteiger partial charge in [-0.1, -0.05) is 19.1 Å². The van der Waals surface area contributed by atoms with E-state index in [0.29, 0.717) is 23.8 Å². The number of aliphatic imine (C=N–C) groups is 1. The van der Waals surface area contributed by atoms with Crippen LogP contribution in [0.4, 0.5) is 11.8 Å². The Bertz CT molecular complexity index is 1080. The lowest BCUT2D eigenvalue weighted by molar-refractivity contribution is 0.352. The van der Waals surface area contributed by atoms with Crippen molar-refractivity contribution in [2.75, 3.05) is 16.7 Å². The van der Waals surface area contributed by atoms with Crippen molar-refractivity contribution in [2.24, 2.45) is 4.99 Å². The standard InChI is InChI=1S/C17H14ClN7O/c1-17(6-7-17)14-21-16(22-26-14)23-9-20-13-10-4-2-3-5-11(10)24-12(25(13)23)8-19-15(24)18/h2-5,8H,6-7,9H2,1H3. The number of amidine groups is 1. The zero-order chi connectivity index (χ0) is 17.5. The summed E-state index contributed by atoms with van der Waals surface area (Å²) in [5.41, 5.74) is 1.97. The number of rotatable bonds is 2. The fourth-order valence-electron chi connectivity index (χ4n) is 3.48. The number of halogens is 1. The number of anilines is 2. The quantitative estimate of drug-likeness (QED) is 0.693. The highest BCUT2D eigenvalue weighted by Gasteiger charge is 2.46. The summed E-state index contributed by atoms with van der Waals surface area (Å²) in [6, 6.07) is 7.99. The lowest BCUT2D eigenvalue weighted by atomic mass is 10.1. The molecule has 0 spiro atoms. The summed E-state index contributed by atoms with van der Waals surface area (Å²) < 4.78 is 7.42. The molecule has 0 unspecified atom stereocenters. The largest absolute Gasteiger partial charge is 0.337 e. The van der Waals surface area contributed by atoms with Crippen LogP contribution in [0.3, 0.4) is 0 Å². The monoisotopic (exact) mass is 367 g/mol. The van der Waals surface area contributed by atoms with E-state index in [1.54, 1.807) is 6.20 Å². The maximum atomic E-state index is 6.36. The fourth-order valence-corrected chi connectivity index (χ4v) is 3.71. The van der Waals surface area contributed by atoms with Crippen molar-refractivity contribution >= 4 is 29.2 Å². The van der Waals surface area contributed by atoms with Gasteiger partial charge in [-0.3, -0.25) is 4.57 Å². The van der Waals surface area contributed by atoms with E-state index in [-0.39, 0.29) is 5.41 Å². The van der Waals surface area contributed by atoms with Gasteiger partial charge in [-0.15, -0.1) is 0 Å². The minimum absolute atomic E-state index is 0.0221. The van der Waals surface area contributed by atoms with Gasteiger partial charge in [0.2, 0.25) is 11.2 Å². The molecule has 1 saturated carbocycles. The Balaban J connectivity index is 1.49. The minimum Gasteiger partial charge on any atom is -0.337 e. The average Bonchev–Trinajstić information content (AvgIpc) is 3.06. The van der Waals surface area contributed by atoms with Crippen LogP contribution in [0.15, 0.2) is 40.0 Å². The molecule has 0 N–H and O–H groups in total. The van der Waals surface area contributed by atoms with E-state index >= 15 is 0 Å². The fraction of sp³-hybridized carbons (Fsp3) is 0.294. The topological polar surface area (TPSA) is 75.6 Å². The Morgan fingerprint density at radius 3 is 2.92 bits per heavy atom. The predicted molar refractivity (Wildman–Crippen MR) is 95.8 cm³/mol. The van der Waals surface area contributed by atoms with Crippen LogP contribution < -0.4 is 10.0 Å². The Morgan fingerprint density at radius 1 is 1.23 bits per heavy atom. The molecule has 0 radical (unpaired) electrons. The highest BCUT2D eigenvalue weighted by molar-refractivity contribution is 6.29. The summed E-state index contributed by atoms with van der Waals surface area (Å²) in [5.74, 6) is 2.81. The summed E-state index contributed by atoms with van der Waals surface area (Å²) in [7, 11) is 0. The molecule has 1 aromatic carbocycles. The third kappa shape index (κ3) is 1.74. The number of benzene rings is 1. The van der Waals surface area contributed by atoms with E-state index in [0.717, 1.165) is 35.7 Å². The number of aromatic nitrogens is 4. The number of para-hydroxylation sites is 1. The van der Waals surface area contributed by atoms with Crippen LogP contribution in [-0.2, 0) is 5.41 Å². The second kappa shape index (κ2) is 4.64. The van der Waals surface area contributed by atoms with E-state index in [9.17, 15) is 0 Å². The Morgan fingerprint density at radius 2 is 2.08 bits per heavy atom. The lowest BCUT2D eigenvalue weighted by Gasteiger charge is -2.33. The molecule has 26 heavy (non-hydrogen) atoms. The van der Waals surface area contributed by atoms with Gasteiger partial charge in [0.05, 0.1) is 11.9 Å². The van der Waals surface area contributed by atoms with Crippen LogP contribution >= 0.6 is 11.6 Å². The van der Waals surface area contributed by atoms with Crippen LogP contribution in [-0.4, -0.2) is 32.2 Å². The highest BCUT2D eigenvalue weighted by Crippen LogP contribution is 2.47. The molecule has 6 rings (SSSR count). The number of nitrogens with zero attached hydrogens (tertiary/aromatic N) is 7. The number of hydrazine groups is 1.